The van der Waals surface area contributed by atoms with Gasteiger partial charge in [-0.25, -0.2) is 0 Å². The minimum atomic E-state index is -0.487. The Hall–Kier alpha value is -3.90. The minimum Gasteiger partial charge on any atom is -0.461 e. The van der Waals surface area contributed by atoms with Crippen molar-refractivity contribution in [3.8, 4) is 17.3 Å². The van der Waals surface area contributed by atoms with Crippen molar-refractivity contribution < 1.29 is 9.21 Å². The molecule has 0 aliphatic heterocycles. The predicted molar refractivity (Wildman–Crippen MR) is 134 cm³/mol. The van der Waals surface area contributed by atoms with Gasteiger partial charge in [0.2, 0.25) is 5.82 Å². The predicted octanol–water partition coefficient (Wildman–Crippen LogP) is 6.86. The van der Waals surface area contributed by atoms with Gasteiger partial charge < -0.3 is 4.42 Å². The summed E-state index contributed by atoms with van der Waals surface area (Å²) in [5, 5.41) is 9.04. The summed E-state index contributed by atoms with van der Waals surface area (Å²) in [6, 6.07) is 29.3. The van der Waals surface area contributed by atoms with E-state index in [4.69, 9.17) is 4.42 Å². The molecule has 1 unspecified atom stereocenters. The topological polar surface area (TPSA) is 60.9 Å². The summed E-state index contributed by atoms with van der Waals surface area (Å²) in [5.74, 6) is 1.22. The van der Waals surface area contributed by atoms with Crippen LogP contribution in [0.1, 0.15) is 32.3 Å². The van der Waals surface area contributed by atoms with Crippen molar-refractivity contribution in [2.75, 3.05) is 0 Å². The van der Waals surface area contributed by atoms with Crippen LogP contribution in [0.4, 0.5) is 0 Å². The van der Waals surface area contributed by atoms with E-state index < -0.39 is 5.25 Å². The highest BCUT2D eigenvalue weighted by molar-refractivity contribution is 8.00. The molecule has 0 aliphatic carbocycles. The molecule has 0 saturated carbocycles. The first-order valence-electron chi connectivity index (χ1n) is 11.0. The van der Waals surface area contributed by atoms with E-state index in [-0.39, 0.29) is 5.78 Å². The minimum absolute atomic E-state index is 0.0241. The van der Waals surface area contributed by atoms with E-state index in [1.807, 2.05) is 109 Å². The van der Waals surface area contributed by atoms with E-state index in [0.29, 0.717) is 22.3 Å². The van der Waals surface area contributed by atoms with Gasteiger partial charge in [-0.3, -0.25) is 9.36 Å². The Morgan fingerprint density at radius 3 is 2.15 bits per heavy atom. The Bertz CT molecular complexity index is 1390. The number of para-hydroxylation sites is 1. The maximum Gasteiger partial charge on any atom is 0.205 e. The number of hydrogen-bond donors (Lipinski definition) is 0. The van der Waals surface area contributed by atoms with Crippen molar-refractivity contribution in [2.45, 2.75) is 24.3 Å². The Balaban J connectivity index is 1.60. The molecule has 6 heteroatoms. The van der Waals surface area contributed by atoms with Crippen molar-refractivity contribution in [3.05, 3.63) is 120 Å². The van der Waals surface area contributed by atoms with Crippen LogP contribution in [0.25, 0.3) is 17.3 Å². The number of aromatic nitrogens is 3. The van der Waals surface area contributed by atoms with Crippen LogP contribution in [-0.4, -0.2) is 20.5 Å². The smallest absolute Gasteiger partial charge is 0.205 e. The van der Waals surface area contributed by atoms with Crippen molar-refractivity contribution in [1.29, 1.82) is 0 Å². The molecule has 5 aromatic rings. The number of Topliss-reactive ketones (excluding diaryl/α,β-unsaturated/α-hetero) is 1. The van der Waals surface area contributed by atoms with E-state index in [1.54, 1.807) is 6.26 Å². The van der Waals surface area contributed by atoms with Gasteiger partial charge in [-0.15, -0.1) is 10.2 Å². The largest absolute Gasteiger partial charge is 0.461 e. The molecule has 168 valence electrons. The van der Waals surface area contributed by atoms with Crippen molar-refractivity contribution in [2.24, 2.45) is 0 Å². The third-order valence-corrected chi connectivity index (χ3v) is 6.76. The molecule has 1 atom stereocenters. The summed E-state index contributed by atoms with van der Waals surface area (Å²) >= 11 is 1.39. The fourth-order valence-electron chi connectivity index (χ4n) is 3.71. The number of rotatable bonds is 7. The zero-order chi connectivity index (χ0) is 23.5. The zero-order valence-corrected chi connectivity index (χ0v) is 19.7. The summed E-state index contributed by atoms with van der Waals surface area (Å²) in [6.07, 6.45) is 1.61. The van der Waals surface area contributed by atoms with Gasteiger partial charge in [0.15, 0.2) is 16.7 Å². The number of carbonyl (C=O) groups excluding carboxylic acids is 1. The molecule has 0 spiro atoms. The van der Waals surface area contributed by atoms with Gasteiger partial charge in [0.25, 0.3) is 0 Å². The second-order valence-electron chi connectivity index (χ2n) is 8.09. The summed E-state index contributed by atoms with van der Waals surface area (Å²) in [6.45, 7) is 4.05. The van der Waals surface area contributed by atoms with E-state index in [9.17, 15) is 4.79 Å². The molecule has 0 fully saturated rings. The van der Waals surface area contributed by atoms with Gasteiger partial charge in [-0.05, 0) is 43.7 Å². The summed E-state index contributed by atoms with van der Waals surface area (Å²) in [7, 11) is 0. The van der Waals surface area contributed by atoms with Crippen LogP contribution in [-0.2, 0) is 0 Å². The standard InChI is InChI=1S/C28H23N3O2S/c1-19-10-14-21(15-11-19)25(32)26(22-16-12-20(2)13-17-22)34-28-30-29-27(24-9-6-18-33-24)31(28)23-7-4-3-5-8-23/h3-18,26H,1-2H3. The molecule has 3 aromatic carbocycles. The number of thioether (sulfide) groups is 1. The highest BCUT2D eigenvalue weighted by Crippen LogP contribution is 2.39. The van der Waals surface area contributed by atoms with Gasteiger partial charge in [0.1, 0.15) is 5.25 Å². The van der Waals surface area contributed by atoms with Crippen LogP contribution in [0, 0.1) is 13.8 Å². The summed E-state index contributed by atoms with van der Waals surface area (Å²) in [5.41, 5.74) is 4.74. The van der Waals surface area contributed by atoms with Gasteiger partial charge in [-0.2, -0.15) is 0 Å². The van der Waals surface area contributed by atoms with Crippen LogP contribution in [0.2, 0.25) is 0 Å². The Morgan fingerprint density at radius 1 is 0.824 bits per heavy atom. The van der Waals surface area contributed by atoms with Crippen molar-refractivity contribution in [3.63, 3.8) is 0 Å². The molecule has 0 N–H and O–H groups in total. The number of furan rings is 1. The molecule has 0 amide bonds. The number of nitrogens with zero attached hydrogens (tertiary/aromatic N) is 3. The third-order valence-electron chi connectivity index (χ3n) is 5.57. The van der Waals surface area contributed by atoms with Crippen LogP contribution in [0.5, 0.6) is 0 Å². The molecular weight excluding hydrogens is 442 g/mol. The van der Waals surface area contributed by atoms with E-state index in [2.05, 4.69) is 10.2 Å². The molecule has 0 saturated heterocycles. The molecule has 5 nitrogen and oxygen atoms in total. The number of ketones is 1. The Kier molecular flexibility index (Phi) is 6.14. The number of hydrogen-bond acceptors (Lipinski definition) is 5. The summed E-state index contributed by atoms with van der Waals surface area (Å²) in [4.78, 5) is 13.7. The first-order valence-corrected chi connectivity index (χ1v) is 11.9. The van der Waals surface area contributed by atoms with Gasteiger partial charge in [0, 0.05) is 11.3 Å². The molecular formula is C28H23N3O2S. The number of aryl methyl sites for hydroxylation is 2. The molecule has 34 heavy (non-hydrogen) atoms. The first-order chi connectivity index (χ1) is 16.6. The molecule has 0 aliphatic rings. The van der Waals surface area contributed by atoms with Crippen LogP contribution < -0.4 is 0 Å². The fourth-order valence-corrected chi connectivity index (χ4v) is 4.84. The lowest BCUT2D eigenvalue weighted by molar-refractivity contribution is 0.0989. The number of carbonyl (C=O) groups is 1. The van der Waals surface area contributed by atoms with E-state index in [0.717, 1.165) is 22.4 Å². The molecule has 5 rings (SSSR count). The van der Waals surface area contributed by atoms with Crippen LogP contribution >= 0.6 is 11.8 Å². The quantitative estimate of drug-likeness (QED) is 0.194. The van der Waals surface area contributed by atoms with Crippen molar-refractivity contribution in [1.82, 2.24) is 14.8 Å². The molecule has 2 aromatic heterocycles. The van der Waals surface area contributed by atoms with Gasteiger partial charge in [-0.1, -0.05) is 89.6 Å². The highest BCUT2D eigenvalue weighted by atomic mass is 32.2. The normalized spacial score (nSPS) is 11.9. The fraction of sp³-hybridized carbons (Fsp3) is 0.107. The highest BCUT2D eigenvalue weighted by Gasteiger charge is 2.28. The Morgan fingerprint density at radius 2 is 1.50 bits per heavy atom. The average molecular weight is 466 g/mol. The van der Waals surface area contributed by atoms with E-state index >= 15 is 0 Å². The molecule has 0 bridgehead atoms. The third kappa shape index (κ3) is 4.45. The number of benzene rings is 3. The SMILES string of the molecule is Cc1ccc(C(=O)C(Sc2nnc(-c3ccco3)n2-c2ccccc2)c2ccc(C)cc2)cc1. The van der Waals surface area contributed by atoms with E-state index in [1.165, 1.54) is 11.8 Å². The maximum absolute atomic E-state index is 13.7. The lowest BCUT2D eigenvalue weighted by Gasteiger charge is -2.17. The van der Waals surface area contributed by atoms with Crippen molar-refractivity contribution >= 4 is 17.5 Å². The van der Waals surface area contributed by atoms with Crippen LogP contribution in [0.15, 0.2) is 107 Å². The zero-order valence-electron chi connectivity index (χ0n) is 18.9. The second-order valence-corrected chi connectivity index (χ2v) is 9.17. The lowest BCUT2D eigenvalue weighted by Crippen LogP contribution is -2.11. The maximum atomic E-state index is 13.7. The summed E-state index contributed by atoms with van der Waals surface area (Å²) < 4.78 is 7.56. The Labute approximate surface area is 202 Å². The van der Waals surface area contributed by atoms with Crippen LogP contribution in [0.3, 0.4) is 0 Å². The second kappa shape index (κ2) is 9.53. The first kappa shape index (κ1) is 21.9. The monoisotopic (exact) mass is 465 g/mol. The van der Waals surface area contributed by atoms with Gasteiger partial charge in [0.05, 0.1) is 6.26 Å². The van der Waals surface area contributed by atoms with Gasteiger partial charge >= 0.3 is 0 Å². The lowest BCUT2D eigenvalue weighted by atomic mass is 10.0. The average Bonchev–Trinajstić information content (AvgIpc) is 3.54. The molecule has 0 radical (unpaired) electrons. The molecule has 2 heterocycles.